The number of nitrogens with zero attached hydrogens (tertiary/aromatic N) is 1. The summed E-state index contributed by atoms with van der Waals surface area (Å²) >= 11 is 0. The van der Waals surface area contributed by atoms with Crippen LogP contribution in [0.25, 0.3) is 0 Å². The van der Waals surface area contributed by atoms with Crippen molar-refractivity contribution < 1.29 is 19.6 Å². The van der Waals surface area contributed by atoms with E-state index < -0.39 is 33.8 Å². The van der Waals surface area contributed by atoms with Gasteiger partial charge >= 0.3 is 11.7 Å². The first-order valence-corrected chi connectivity index (χ1v) is 5.95. The van der Waals surface area contributed by atoms with E-state index in [4.69, 9.17) is 5.73 Å². The van der Waals surface area contributed by atoms with Crippen molar-refractivity contribution in [3.63, 3.8) is 0 Å². The summed E-state index contributed by atoms with van der Waals surface area (Å²) < 4.78 is 4.66. The zero-order valence-electron chi connectivity index (χ0n) is 11.8. The van der Waals surface area contributed by atoms with E-state index >= 15 is 0 Å². The van der Waals surface area contributed by atoms with Gasteiger partial charge in [-0.15, -0.1) is 0 Å². The number of nitro groups is 1. The lowest BCUT2D eigenvalue weighted by Crippen LogP contribution is -2.37. The Kier molecular flexibility index (Phi) is 4.34. The Morgan fingerprint density at radius 1 is 1.50 bits per heavy atom. The molecule has 7 nitrogen and oxygen atoms in total. The van der Waals surface area contributed by atoms with Gasteiger partial charge in [0.1, 0.15) is 0 Å². The van der Waals surface area contributed by atoms with E-state index in [-0.39, 0.29) is 5.56 Å². The second-order valence-electron chi connectivity index (χ2n) is 5.12. The third kappa shape index (κ3) is 2.57. The predicted molar refractivity (Wildman–Crippen MR) is 72.2 cm³/mol. The first kappa shape index (κ1) is 15.9. The summed E-state index contributed by atoms with van der Waals surface area (Å²) in [6, 6.07) is 2.03. The minimum absolute atomic E-state index is 0.137. The van der Waals surface area contributed by atoms with Crippen molar-refractivity contribution in [2.24, 2.45) is 11.1 Å². The molecule has 1 aromatic rings. The molecule has 20 heavy (non-hydrogen) atoms. The summed E-state index contributed by atoms with van der Waals surface area (Å²) in [5.41, 5.74) is 4.91. The van der Waals surface area contributed by atoms with Gasteiger partial charge in [-0.05, 0) is 20.8 Å². The number of esters is 1. The van der Waals surface area contributed by atoms with Gasteiger partial charge in [-0.25, -0.2) is 0 Å². The normalized spacial score (nSPS) is 12.8. The van der Waals surface area contributed by atoms with Crippen LogP contribution in [-0.2, 0) is 9.53 Å². The summed E-state index contributed by atoms with van der Waals surface area (Å²) in [6.45, 7) is 4.61. The van der Waals surface area contributed by atoms with E-state index in [1.807, 2.05) is 0 Å². The Morgan fingerprint density at radius 2 is 2.05 bits per heavy atom. The van der Waals surface area contributed by atoms with Crippen molar-refractivity contribution in [3.8, 4) is 5.75 Å². The van der Waals surface area contributed by atoms with E-state index in [1.165, 1.54) is 26.2 Å². The molecule has 7 heteroatoms. The Balaban J connectivity index is 3.38. The number of rotatable bonds is 4. The molecule has 0 saturated heterocycles. The average Bonchev–Trinajstić information content (AvgIpc) is 2.36. The van der Waals surface area contributed by atoms with E-state index in [2.05, 4.69) is 4.74 Å². The third-order valence-corrected chi connectivity index (χ3v) is 3.39. The number of nitrogens with two attached hydrogens (primary N) is 1. The Hall–Kier alpha value is -2.15. The number of aromatic hydroxyl groups is 1. The van der Waals surface area contributed by atoms with Crippen molar-refractivity contribution in [1.82, 2.24) is 0 Å². The number of hydrogen-bond donors (Lipinski definition) is 2. The van der Waals surface area contributed by atoms with Gasteiger partial charge in [0.25, 0.3) is 0 Å². The maximum Gasteiger partial charge on any atom is 0.313 e. The van der Waals surface area contributed by atoms with E-state index in [9.17, 15) is 20.0 Å². The Morgan fingerprint density at radius 3 is 2.50 bits per heavy atom. The summed E-state index contributed by atoms with van der Waals surface area (Å²) in [5, 5.41) is 21.0. The molecular weight excluding hydrogens is 264 g/mol. The monoisotopic (exact) mass is 282 g/mol. The molecule has 0 fully saturated rings. The second-order valence-corrected chi connectivity index (χ2v) is 5.12. The van der Waals surface area contributed by atoms with Gasteiger partial charge < -0.3 is 15.6 Å². The highest BCUT2D eigenvalue weighted by atomic mass is 16.6. The number of nitro benzene ring substituents is 1. The maximum absolute atomic E-state index is 11.7. The Bertz CT molecular complexity index is 554. The number of phenolic OH excluding ortho intramolecular Hbond substituents is 1. The zero-order valence-corrected chi connectivity index (χ0v) is 11.8. The van der Waals surface area contributed by atoms with Crippen LogP contribution in [0.2, 0.25) is 0 Å². The molecule has 110 valence electrons. The standard InChI is InChI=1S/C13H18N2O5/c1-7-5-6-8(10(16)9(7)15(18)19)11(14)13(2,3)12(17)20-4/h5-6,11,16H,14H2,1-4H3/t11-/m1/s1. The van der Waals surface area contributed by atoms with Gasteiger partial charge in [0, 0.05) is 17.2 Å². The largest absolute Gasteiger partial charge is 0.502 e. The lowest BCUT2D eigenvalue weighted by molar-refractivity contribution is -0.386. The third-order valence-electron chi connectivity index (χ3n) is 3.39. The van der Waals surface area contributed by atoms with Gasteiger partial charge in [-0.2, -0.15) is 0 Å². The molecule has 0 aliphatic rings. The number of benzene rings is 1. The van der Waals surface area contributed by atoms with E-state index in [0.29, 0.717) is 5.56 Å². The average molecular weight is 282 g/mol. The number of carbonyl (C=O) groups excluding carboxylic acids is 1. The fraction of sp³-hybridized carbons (Fsp3) is 0.462. The first-order valence-electron chi connectivity index (χ1n) is 5.95. The highest BCUT2D eigenvalue weighted by molar-refractivity contribution is 5.77. The zero-order chi connectivity index (χ0) is 15.7. The molecule has 3 N–H and O–H groups in total. The molecule has 1 rings (SSSR count). The molecule has 0 bridgehead atoms. The smallest absolute Gasteiger partial charge is 0.313 e. The fourth-order valence-electron chi connectivity index (χ4n) is 1.96. The topological polar surface area (TPSA) is 116 Å². The van der Waals surface area contributed by atoms with Crippen molar-refractivity contribution in [1.29, 1.82) is 0 Å². The van der Waals surface area contributed by atoms with Crippen molar-refractivity contribution >= 4 is 11.7 Å². The molecule has 1 atom stereocenters. The minimum atomic E-state index is -1.13. The molecule has 0 unspecified atom stereocenters. The van der Waals surface area contributed by atoms with Crippen molar-refractivity contribution in [3.05, 3.63) is 33.4 Å². The SMILES string of the molecule is COC(=O)C(C)(C)[C@H](N)c1ccc(C)c([N+](=O)[O-])c1O. The predicted octanol–water partition coefficient (Wildman–Crippen LogP) is 1.81. The van der Waals surface area contributed by atoms with Crippen LogP contribution in [0.5, 0.6) is 5.75 Å². The second kappa shape index (κ2) is 5.46. The van der Waals surface area contributed by atoms with E-state index in [1.54, 1.807) is 13.8 Å². The summed E-state index contributed by atoms with van der Waals surface area (Å²) in [6.07, 6.45) is 0. The van der Waals surface area contributed by atoms with Crippen molar-refractivity contribution in [2.45, 2.75) is 26.8 Å². The lowest BCUT2D eigenvalue weighted by Gasteiger charge is -2.29. The number of methoxy groups -OCH3 is 1. The number of ether oxygens (including phenoxy) is 1. The number of aryl methyl sites for hydroxylation is 1. The van der Waals surface area contributed by atoms with Gasteiger partial charge in [-0.3, -0.25) is 14.9 Å². The number of hydrogen-bond acceptors (Lipinski definition) is 6. The summed E-state index contributed by atoms with van der Waals surface area (Å²) in [7, 11) is 1.23. The molecule has 0 radical (unpaired) electrons. The number of phenols is 1. The highest BCUT2D eigenvalue weighted by Gasteiger charge is 2.39. The van der Waals surface area contributed by atoms with Crippen LogP contribution >= 0.6 is 0 Å². The first-order chi connectivity index (χ1) is 9.14. The molecular formula is C13H18N2O5. The maximum atomic E-state index is 11.7. The van der Waals surface area contributed by atoms with Crippen LogP contribution in [0, 0.1) is 22.5 Å². The van der Waals surface area contributed by atoms with Crippen molar-refractivity contribution in [2.75, 3.05) is 7.11 Å². The molecule has 0 aromatic heterocycles. The molecule has 0 aliphatic carbocycles. The molecule has 0 spiro atoms. The van der Waals surface area contributed by atoms with Crippen LogP contribution in [0.15, 0.2) is 12.1 Å². The number of carbonyl (C=O) groups is 1. The lowest BCUT2D eigenvalue weighted by atomic mass is 9.80. The van der Waals surface area contributed by atoms with E-state index in [0.717, 1.165) is 0 Å². The van der Waals surface area contributed by atoms with Gasteiger partial charge in [0.05, 0.1) is 17.4 Å². The quantitative estimate of drug-likeness (QED) is 0.494. The molecule has 0 heterocycles. The molecule has 1 aromatic carbocycles. The molecule has 0 saturated carbocycles. The Labute approximate surface area is 116 Å². The molecule has 0 amide bonds. The van der Waals surface area contributed by atoms with Crippen LogP contribution in [0.4, 0.5) is 5.69 Å². The van der Waals surface area contributed by atoms with Crippen LogP contribution in [0.3, 0.4) is 0 Å². The van der Waals surface area contributed by atoms with Gasteiger partial charge in [-0.1, -0.05) is 12.1 Å². The summed E-state index contributed by atoms with van der Waals surface area (Å²) in [5.74, 6) is -1.08. The van der Waals surface area contributed by atoms with Crippen LogP contribution in [-0.4, -0.2) is 23.1 Å². The molecule has 0 aliphatic heterocycles. The summed E-state index contributed by atoms with van der Waals surface area (Å²) in [4.78, 5) is 22.0. The minimum Gasteiger partial charge on any atom is -0.502 e. The van der Waals surface area contributed by atoms with Gasteiger partial charge in [0.2, 0.25) is 0 Å². The highest BCUT2D eigenvalue weighted by Crippen LogP contribution is 2.41. The van der Waals surface area contributed by atoms with Gasteiger partial charge in [0.15, 0.2) is 5.75 Å². The van der Waals surface area contributed by atoms with Crippen LogP contribution in [0.1, 0.15) is 31.0 Å². The van der Waals surface area contributed by atoms with Crippen LogP contribution < -0.4 is 5.73 Å². The fourth-order valence-corrected chi connectivity index (χ4v) is 1.96.